The molecule has 1 atom stereocenters. The molecule has 0 saturated carbocycles. The van der Waals surface area contributed by atoms with Gasteiger partial charge < -0.3 is 15.8 Å². The van der Waals surface area contributed by atoms with Gasteiger partial charge >= 0.3 is 5.97 Å². The number of ether oxygens (including phenoxy) is 1. The lowest BCUT2D eigenvalue weighted by Gasteiger charge is -2.28. The van der Waals surface area contributed by atoms with Crippen molar-refractivity contribution in [3.63, 3.8) is 0 Å². The van der Waals surface area contributed by atoms with Gasteiger partial charge in [0, 0.05) is 35.4 Å². The topological polar surface area (TPSA) is 77.2 Å². The van der Waals surface area contributed by atoms with Crippen molar-refractivity contribution in [1.29, 1.82) is 0 Å². The van der Waals surface area contributed by atoms with Crippen LogP contribution >= 0.6 is 0 Å². The maximum atomic E-state index is 13.5. The summed E-state index contributed by atoms with van der Waals surface area (Å²) < 4.78 is 32.4. The summed E-state index contributed by atoms with van der Waals surface area (Å²) in [5.41, 5.74) is 10.7. The zero-order valence-corrected chi connectivity index (χ0v) is 16.9. The van der Waals surface area contributed by atoms with Crippen molar-refractivity contribution in [3.05, 3.63) is 88.7 Å². The van der Waals surface area contributed by atoms with Crippen LogP contribution in [0.25, 0.3) is 0 Å². The lowest BCUT2D eigenvalue weighted by Crippen LogP contribution is -2.19. The van der Waals surface area contributed by atoms with Crippen LogP contribution in [-0.2, 0) is 29.0 Å². The molecule has 0 bridgehead atoms. The molecule has 7 heteroatoms. The zero-order valence-electron chi connectivity index (χ0n) is 16.9. The number of aromatic nitrogens is 1. The number of anilines is 2. The van der Waals surface area contributed by atoms with Crippen molar-refractivity contribution in [2.75, 3.05) is 11.1 Å². The van der Waals surface area contributed by atoms with Gasteiger partial charge in [-0.15, -0.1) is 0 Å². The van der Waals surface area contributed by atoms with Crippen LogP contribution in [0.3, 0.4) is 0 Å². The number of nitrogens with one attached hydrogen (secondary N) is 1. The van der Waals surface area contributed by atoms with E-state index in [0.717, 1.165) is 42.0 Å². The van der Waals surface area contributed by atoms with E-state index in [-0.39, 0.29) is 25.0 Å². The summed E-state index contributed by atoms with van der Waals surface area (Å²) in [5, 5.41) is 3.21. The van der Waals surface area contributed by atoms with E-state index in [1.165, 1.54) is 12.1 Å². The molecular weight excluding hydrogens is 400 g/mol. The van der Waals surface area contributed by atoms with E-state index >= 15 is 0 Å². The van der Waals surface area contributed by atoms with E-state index in [0.29, 0.717) is 16.9 Å². The number of rotatable bonds is 6. The second kappa shape index (κ2) is 9.12. The molecule has 3 aromatic rings. The second-order valence-electron chi connectivity index (χ2n) is 7.70. The van der Waals surface area contributed by atoms with Crippen LogP contribution in [0.5, 0.6) is 0 Å². The second-order valence-corrected chi connectivity index (χ2v) is 7.70. The molecular formula is C24H23F2N3O2. The number of hydrogen-bond donors (Lipinski definition) is 2. The number of fused-ring (bicyclic) bond motifs is 1. The maximum Gasteiger partial charge on any atom is 0.310 e. The Hall–Kier alpha value is -3.48. The largest absolute Gasteiger partial charge is 0.460 e. The number of halogens is 2. The van der Waals surface area contributed by atoms with Gasteiger partial charge in [0.15, 0.2) is 0 Å². The summed E-state index contributed by atoms with van der Waals surface area (Å²) in [6.45, 7) is 0.160. The number of nitrogens with zero attached hydrogens (tertiary/aromatic N) is 1. The molecule has 0 radical (unpaired) electrons. The standard InChI is InChI=1S/C24H23F2N3O2/c25-18-9-19(26)11-20(10-18)29-23-5-1-4-16-7-17(22(27)12-21(16)23)8-24(30)31-14-15-3-2-6-28-13-15/h2-3,6-7,9-13,23,29H,1,4-5,8,14,27H2. The molecule has 0 aliphatic heterocycles. The summed E-state index contributed by atoms with van der Waals surface area (Å²) >= 11 is 0. The minimum absolute atomic E-state index is 0.0760. The third-order valence-corrected chi connectivity index (χ3v) is 5.38. The number of carbonyl (C=O) groups excluding carboxylic acids is 1. The molecule has 1 heterocycles. The van der Waals surface area contributed by atoms with Gasteiger partial charge in [-0.25, -0.2) is 8.78 Å². The number of pyridine rings is 1. The van der Waals surface area contributed by atoms with Crippen LogP contribution in [0.15, 0.2) is 54.9 Å². The predicted octanol–water partition coefficient (Wildman–Crippen LogP) is 4.72. The van der Waals surface area contributed by atoms with E-state index in [2.05, 4.69) is 10.3 Å². The van der Waals surface area contributed by atoms with Crippen molar-refractivity contribution < 1.29 is 18.3 Å². The molecule has 0 saturated heterocycles. The Morgan fingerprint density at radius 3 is 2.74 bits per heavy atom. The van der Waals surface area contributed by atoms with E-state index in [9.17, 15) is 13.6 Å². The first-order chi connectivity index (χ1) is 15.0. The van der Waals surface area contributed by atoms with Crippen molar-refractivity contribution in [2.24, 2.45) is 0 Å². The first-order valence-electron chi connectivity index (χ1n) is 10.2. The van der Waals surface area contributed by atoms with E-state index in [1.807, 2.05) is 18.2 Å². The van der Waals surface area contributed by atoms with Crippen LogP contribution < -0.4 is 11.1 Å². The summed E-state index contributed by atoms with van der Waals surface area (Å²) in [6, 6.07) is 10.7. The lowest BCUT2D eigenvalue weighted by atomic mass is 9.85. The Bertz CT molecular complexity index is 1070. The molecule has 1 aromatic heterocycles. The number of hydrogen-bond acceptors (Lipinski definition) is 5. The highest BCUT2D eigenvalue weighted by molar-refractivity contribution is 5.75. The highest BCUT2D eigenvalue weighted by atomic mass is 19.1. The smallest absolute Gasteiger partial charge is 0.310 e. The Kier molecular flexibility index (Phi) is 6.11. The van der Waals surface area contributed by atoms with Gasteiger partial charge in [-0.1, -0.05) is 12.1 Å². The van der Waals surface area contributed by atoms with Gasteiger partial charge in [-0.05, 0) is 60.2 Å². The zero-order chi connectivity index (χ0) is 21.8. The third kappa shape index (κ3) is 5.17. The molecule has 5 nitrogen and oxygen atoms in total. The summed E-state index contributed by atoms with van der Waals surface area (Å²) in [7, 11) is 0. The fourth-order valence-electron chi connectivity index (χ4n) is 3.92. The molecule has 1 aliphatic carbocycles. The summed E-state index contributed by atoms with van der Waals surface area (Å²) in [4.78, 5) is 16.3. The average molecular weight is 423 g/mol. The fraction of sp³-hybridized carbons (Fsp3) is 0.250. The van der Waals surface area contributed by atoms with E-state index in [1.54, 1.807) is 18.5 Å². The normalized spacial score (nSPS) is 15.2. The lowest BCUT2D eigenvalue weighted by molar-refractivity contribution is -0.144. The van der Waals surface area contributed by atoms with Crippen molar-refractivity contribution in [1.82, 2.24) is 4.98 Å². The van der Waals surface area contributed by atoms with Gasteiger partial charge in [0.25, 0.3) is 0 Å². The van der Waals surface area contributed by atoms with Gasteiger partial charge in [-0.2, -0.15) is 0 Å². The number of esters is 1. The number of nitrogens with two attached hydrogens (primary N) is 1. The molecule has 1 aliphatic rings. The number of carbonyl (C=O) groups is 1. The van der Waals surface area contributed by atoms with Gasteiger partial charge in [0.1, 0.15) is 18.2 Å². The van der Waals surface area contributed by atoms with Crippen LogP contribution in [0.4, 0.5) is 20.2 Å². The minimum atomic E-state index is -0.627. The number of aryl methyl sites for hydroxylation is 1. The van der Waals surface area contributed by atoms with Crippen molar-refractivity contribution in [2.45, 2.75) is 38.3 Å². The van der Waals surface area contributed by atoms with Crippen molar-refractivity contribution >= 4 is 17.3 Å². The van der Waals surface area contributed by atoms with Crippen LogP contribution in [0.2, 0.25) is 0 Å². The molecule has 4 rings (SSSR count). The number of benzene rings is 2. The first-order valence-corrected chi connectivity index (χ1v) is 10.2. The average Bonchev–Trinajstić information content (AvgIpc) is 2.73. The Balaban J connectivity index is 1.47. The Labute approximate surface area is 179 Å². The molecule has 0 spiro atoms. The quantitative estimate of drug-likeness (QED) is 0.443. The monoisotopic (exact) mass is 423 g/mol. The maximum absolute atomic E-state index is 13.5. The Morgan fingerprint density at radius 2 is 2.00 bits per heavy atom. The van der Waals surface area contributed by atoms with Crippen molar-refractivity contribution in [3.8, 4) is 0 Å². The predicted molar refractivity (Wildman–Crippen MR) is 114 cm³/mol. The molecule has 0 amide bonds. The van der Waals surface area contributed by atoms with E-state index < -0.39 is 11.6 Å². The fourth-order valence-corrected chi connectivity index (χ4v) is 3.92. The summed E-state index contributed by atoms with van der Waals surface area (Å²) in [5.74, 6) is -1.62. The van der Waals surface area contributed by atoms with Gasteiger partial charge in [0.05, 0.1) is 12.5 Å². The van der Waals surface area contributed by atoms with Crippen LogP contribution in [0, 0.1) is 11.6 Å². The number of nitrogen functional groups attached to an aromatic ring is 1. The molecule has 1 unspecified atom stereocenters. The Morgan fingerprint density at radius 1 is 1.19 bits per heavy atom. The highest BCUT2D eigenvalue weighted by Gasteiger charge is 2.23. The van der Waals surface area contributed by atoms with E-state index in [4.69, 9.17) is 10.5 Å². The first kappa shape index (κ1) is 20.8. The molecule has 3 N–H and O–H groups in total. The van der Waals surface area contributed by atoms with Gasteiger partial charge in [0.2, 0.25) is 0 Å². The van der Waals surface area contributed by atoms with Crippen LogP contribution in [-0.4, -0.2) is 11.0 Å². The molecule has 160 valence electrons. The van der Waals surface area contributed by atoms with Crippen LogP contribution in [0.1, 0.15) is 41.1 Å². The van der Waals surface area contributed by atoms with Gasteiger partial charge in [-0.3, -0.25) is 9.78 Å². The minimum Gasteiger partial charge on any atom is -0.460 e. The molecule has 31 heavy (non-hydrogen) atoms. The SMILES string of the molecule is Nc1cc2c(cc1CC(=O)OCc1cccnc1)CCCC2Nc1cc(F)cc(F)c1. The summed E-state index contributed by atoms with van der Waals surface area (Å²) in [6.07, 6.45) is 5.97. The third-order valence-electron chi connectivity index (χ3n) is 5.38. The highest BCUT2D eigenvalue weighted by Crippen LogP contribution is 2.35. The molecule has 2 aromatic carbocycles. The molecule has 0 fully saturated rings.